The van der Waals surface area contributed by atoms with E-state index >= 15 is 0 Å². The van der Waals surface area contributed by atoms with E-state index in [9.17, 15) is 13.2 Å². The molecular formula is C25H26O5S. The van der Waals surface area contributed by atoms with Crippen LogP contribution in [0, 0.1) is 0 Å². The van der Waals surface area contributed by atoms with Crippen molar-refractivity contribution in [3.8, 4) is 5.75 Å². The molecule has 0 aliphatic rings. The Morgan fingerprint density at radius 1 is 0.806 bits per heavy atom. The van der Waals surface area contributed by atoms with Crippen molar-refractivity contribution in [2.45, 2.75) is 29.4 Å². The molecule has 0 saturated heterocycles. The van der Waals surface area contributed by atoms with E-state index in [2.05, 4.69) is 0 Å². The minimum Gasteiger partial charge on any atom is -0.497 e. The van der Waals surface area contributed by atoms with E-state index in [-0.39, 0.29) is 24.3 Å². The van der Waals surface area contributed by atoms with Crippen molar-refractivity contribution in [1.82, 2.24) is 0 Å². The summed E-state index contributed by atoms with van der Waals surface area (Å²) in [5.74, 6) is -0.217. The van der Waals surface area contributed by atoms with Gasteiger partial charge >= 0.3 is 5.97 Å². The van der Waals surface area contributed by atoms with Crippen LogP contribution in [0.5, 0.6) is 5.75 Å². The first-order valence-corrected chi connectivity index (χ1v) is 11.5. The van der Waals surface area contributed by atoms with E-state index in [1.165, 1.54) is 19.2 Å². The standard InChI is InChI=1S/C25H26O5S/c1-3-30-24(26)25(18-20-10-6-4-7-11-20,19-21-12-8-5-9-13-21)31(27,28)23-16-14-22(29-2)15-17-23/h4-17H,3,18-19H2,1-2H3. The molecular weight excluding hydrogens is 412 g/mol. The predicted molar refractivity (Wildman–Crippen MR) is 120 cm³/mol. The fourth-order valence-electron chi connectivity index (χ4n) is 3.60. The molecule has 6 heteroatoms. The molecule has 0 fully saturated rings. The van der Waals surface area contributed by atoms with Gasteiger partial charge in [0.15, 0.2) is 14.6 Å². The molecule has 0 heterocycles. The van der Waals surface area contributed by atoms with Crippen LogP contribution in [-0.2, 0) is 32.2 Å². The molecule has 3 aromatic carbocycles. The number of hydrogen-bond donors (Lipinski definition) is 0. The van der Waals surface area contributed by atoms with Crippen molar-refractivity contribution in [1.29, 1.82) is 0 Å². The van der Waals surface area contributed by atoms with Crippen molar-refractivity contribution < 1.29 is 22.7 Å². The van der Waals surface area contributed by atoms with Crippen molar-refractivity contribution in [2.75, 3.05) is 13.7 Å². The molecule has 31 heavy (non-hydrogen) atoms. The third-order valence-corrected chi connectivity index (χ3v) is 7.57. The predicted octanol–water partition coefficient (Wildman–Crippen LogP) is 4.26. The maximum Gasteiger partial charge on any atom is 0.328 e. The van der Waals surface area contributed by atoms with Gasteiger partial charge in [0.05, 0.1) is 18.6 Å². The first kappa shape index (κ1) is 22.6. The van der Waals surface area contributed by atoms with Crippen LogP contribution < -0.4 is 4.74 Å². The second-order valence-corrected chi connectivity index (χ2v) is 9.48. The summed E-state index contributed by atoms with van der Waals surface area (Å²) in [6, 6.07) is 24.4. The van der Waals surface area contributed by atoms with Gasteiger partial charge in [-0.15, -0.1) is 0 Å². The minimum absolute atomic E-state index is 0.00404. The minimum atomic E-state index is -4.14. The molecule has 3 aromatic rings. The normalized spacial score (nSPS) is 11.7. The van der Waals surface area contributed by atoms with Gasteiger partial charge in [-0.1, -0.05) is 60.7 Å². The van der Waals surface area contributed by atoms with Crippen LogP contribution in [0.4, 0.5) is 0 Å². The molecule has 0 radical (unpaired) electrons. The summed E-state index contributed by atoms with van der Waals surface area (Å²) in [4.78, 5) is 13.4. The van der Waals surface area contributed by atoms with Crippen LogP contribution in [0.25, 0.3) is 0 Å². The van der Waals surface area contributed by atoms with Crippen molar-refractivity contribution in [3.63, 3.8) is 0 Å². The average molecular weight is 439 g/mol. The summed E-state index contributed by atoms with van der Waals surface area (Å²) >= 11 is 0. The SMILES string of the molecule is CCOC(=O)C(Cc1ccccc1)(Cc1ccccc1)S(=O)(=O)c1ccc(OC)cc1. The zero-order valence-corrected chi connectivity index (χ0v) is 18.5. The summed E-state index contributed by atoms with van der Waals surface area (Å²) < 4.78 is 36.8. The number of esters is 1. The molecule has 0 spiro atoms. The second kappa shape index (κ2) is 9.79. The van der Waals surface area contributed by atoms with E-state index in [0.29, 0.717) is 5.75 Å². The zero-order chi connectivity index (χ0) is 22.3. The van der Waals surface area contributed by atoms with E-state index in [1.54, 1.807) is 19.1 Å². The maximum atomic E-state index is 14.0. The molecule has 5 nitrogen and oxygen atoms in total. The Morgan fingerprint density at radius 3 is 1.71 bits per heavy atom. The Bertz CT molecular complexity index is 1050. The van der Waals surface area contributed by atoms with Gasteiger partial charge in [-0.05, 0) is 42.3 Å². The summed E-state index contributed by atoms with van der Waals surface area (Å²) in [7, 11) is -2.62. The summed E-state index contributed by atoms with van der Waals surface area (Å²) in [6.45, 7) is 1.76. The highest BCUT2D eigenvalue weighted by Crippen LogP contribution is 2.35. The number of methoxy groups -OCH3 is 1. The third-order valence-electron chi connectivity index (χ3n) is 5.20. The van der Waals surface area contributed by atoms with Gasteiger partial charge in [0, 0.05) is 12.8 Å². The topological polar surface area (TPSA) is 69.7 Å². The Hall–Kier alpha value is -3.12. The molecule has 0 unspecified atom stereocenters. The molecule has 0 aromatic heterocycles. The fourth-order valence-corrected chi connectivity index (χ4v) is 5.54. The zero-order valence-electron chi connectivity index (χ0n) is 17.7. The highest BCUT2D eigenvalue weighted by atomic mass is 32.2. The molecule has 162 valence electrons. The van der Waals surface area contributed by atoms with Crippen molar-refractivity contribution >= 4 is 15.8 Å². The van der Waals surface area contributed by atoms with Gasteiger partial charge in [0.1, 0.15) is 5.75 Å². The number of rotatable bonds is 9. The Morgan fingerprint density at radius 2 is 1.29 bits per heavy atom. The van der Waals surface area contributed by atoms with Crippen LogP contribution in [-0.4, -0.2) is 32.9 Å². The van der Waals surface area contributed by atoms with Crippen molar-refractivity contribution in [3.05, 3.63) is 96.1 Å². The number of carbonyl (C=O) groups excluding carboxylic acids is 1. The van der Waals surface area contributed by atoms with E-state index in [1.807, 2.05) is 60.7 Å². The van der Waals surface area contributed by atoms with E-state index in [0.717, 1.165) is 11.1 Å². The highest BCUT2D eigenvalue weighted by molar-refractivity contribution is 7.93. The van der Waals surface area contributed by atoms with E-state index < -0.39 is 20.6 Å². The van der Waals surface area contributed by atoms with Crippen LogP contribution in [0.3, 0.4) is 0 Å². The van der Waals surface area contributed by atoms with E-state index in [4.69, 9.17) is 9.47 Å². The number of ether oxygens (including phenoxy) is 2. The van der Waals surface area contributed by atoms with Crippen LogP contribution >= 0.6 is 0 Å². The average Bonchev–Trinajstić information content (AvgIpc) is 2.80. The molecule has 0 aliphatic heterocycles. The molecule has 3 rings (SSSR count). The number of hydrogen-bond acceptors (Lipinski definition) is 5. The number of carbonyl (C=O) groups is 1. The molecule has 0 bridgehead atoms. The summed E-state index contributed by atoms with van der Waals surface area (Å²) in [6.07, 6.45) is -0.00808. The van der Waals surface area contributed by atoms with Crippen LogP contribution in [0.2, 0.25) is 0 Å². The quantitative estimate of drug-likeness (QED) is 0.467. The van der Waals surface area contributed by atoms with Gasteiger partial charge in [-0.2, -0.15) is 0 Å². The molecule has 0 aliphatic carbocycles. The smallest absolute Gasteiger partial charge is 0.328 e. The third kappa shape index (κ3) is 4.80. The Kier molecular flexibility index (Phi) is 7.13. The highest BCUT2D eigenvalue weighted by Gasteiger charge is 2.52. The fraction of sp³-hybridized carbons (Fsp3) is 0.240. The lowest BCUT2D eigenvalue weighted by Crippen LogP contribution is -2.51. The van der Waals surface area contributed by atoms with Gasteiger partial charge in [-0.3, -0.25) is 4.79 Å². The molecule has 0 saturated carbocycles. The molecule has 0 amide bonds. The molecule has 0 atom stereocenters. The largest absolute Gasteiger partial charge is 0.497 e. The second-order valence-electron chi connectivity index (χ2n) is 7.22. The summed E-state index contributed by atoms with van der Waals surface area (Å²) in [5, 5.41) is 0. The lowest BCUT2D eigenvalue weighted by atomic mass is 9.91. The first-order chi connectivity index (χ1) is 14.9. The Balaban J connectivity index is 2.21. The Labute approximate surface area is 183 Å². The lowest BCUT2D eigenvalue weighted by molar-refractivity contribution is -0.146. The lowest BCUT2D eigenvalue weighted by Gasteiger charge is -2.31. The van der Waals surface area contributed by atoms with Crippen LogP contribution in [0.15, 0.2) is 89.8 Å². The van der Waals surface area contributed by atoms with Crippen LogP contribution in [0.1, 0.15) is 18.1 Å². The summed E-state index contributed by atoms with van der Waals surface area (Å²) in [5.41, 5.74) is 1.48. The first-order valence-electron chi connectivity index (χ1n) is 10.1. The molecule has 0 N–H and O–H groups in total. The van der Waals surface area contributed by atoms with Gasteiger partial charge in [0.2, 0.25) is 0 Å². The van der Waals surface area contributed by atoms with Crippen molar-refractivity contribution in [2.24, 2.45) is 0 Å². The van der Waals surface area contributed by atoms with Gasteiger partial charge < -0.3 is 9.47 Å². The number of benzene rings is 3. The van der Waals surface area contributed by atoms with Gasteiger partial charge in [-0.25, -0.2) is 8.42 Å². The monoisotopic (exact) mass is 438 g/mol. The maximum absolute atomic E-state index is 14.0. The number of sulfone groups is 1. The van der Waals surface area contributed by atoms with Gasteiger partial charge in [0.25, 0.3) is 0 Å².